The van der Waals surface area contributed by atoms with Crippen LogP contribution in [0.5, 0.6) is 0 Å². The molecule has 0 spiro atoms. The van der Waals surface area contributed by atoms with E-state index in [2.05, 4.69) is 31.3 Å². The Hall–Kier alpha value is -1.88. The largest absolute Gasteiger partial charge is 0.393 e. The van der Waals surface area contributed by atoms with Crippen molar-refractivity contribution in [1.29, 1.82) is 0 Å². The number of carbonyl (C=O) groups is 1. The molecule has 3 aliphatic rings. The first kappa shape index (κ1) is 20.4. The Balaban J connectivity index is 1.56. The molecule has 7 nitrogen and oxygen atoms in total. The van der Waals surface area contributed by atoms with E-state index in [0.29, 0.717) is 18.7 Å². The quantitative estimate of drug-likeness (QED) is 0.611. The third-order valence-electron chi connectivity index (χ3n) is 6.19. The molecule has 0 aromatic carbocycles. The number of pyridine rings is 1. The molecule has 0 bridgehead atoms. The van der Waals surface area contributed by atoms with E-state index in [-0.39, 0.29) is 29.8 Å². The Morgan fingerprint density at radius 2 is 2.17 bits per heavy atom. The lowest BCUT2D eigenvalue weighted by Crippen LogP contribution is -2.62. The molecule has 11 heteroatoms. The van der Waals surface area contributed by atoms with E-state index in [4.69, 9.17) is 0 Å². The van der Waals surface area contributed by atoms with Crippen molar-refractivity contribution in [2.75, 3.05) is 25.0 Å². The molecule has 2 saturated heterocycles. The van der Waals surface area contributed by atoms with Gasteiger partial charge in [0, 0.05) is 50.3 Å². The molecule has 3 aliphatic heterocycles. The van der Waals surface area contributed by atoms with Crippen LogP contribution < -0.4 is 5.32 Å². The standard InChI is InChI=1S/C18H21BrF3N5O2/c1-17-11-9-26(16(29)24-13-2-5-23-15(19)14(13)20)6-4-12(11)25-27(17)7-3-10(28)8-18(17,21)22/h2,5,10-11,28H,3-4,6-9H2,1H3,(H,23,24,29)/t10-,11?,17?/m1/s1. The third-order valence-corrected chi connectivity index (χ3v) is 6.74. The third kappa shape index (κ3) is 3.27. The molecule has 2 fully saturated rings. The number of alkyl halides is 2. The van der Waals surface area contributed by atoms with Crippen molar-refractivity contribution in [3.63, 3.8) is 0 Å². The number of hydrogen-bond acceptors (Lipinski definition) is 5. The maximum absolute atomic E-state index is 15.1. The highest BCUT2D eigenvalue weighted by atomic mass is 79.9. The molecule has 1 aromatic rings. The van der Waals surface area contributed by atoms with Crippen LogP contribution in [0.3, 0.4) is 0 Å². The number of nitrogens with one attached hydrogen (secondary N) is 1. The van der Waals surface area contributed by atoms with E-state index in [0.717, 1.165) is 0 Å². The summed E-state index contributed by atoms with van der Waals surface area (Å²) < 4.78 is 44.4. The van der Waals surface area contributed by atoms with Crippen molar-refractivity contribution in [1.82, 2.24) is 14.9 Å². The van der Waals surface area contributed by atoms with Crippen molar-refractivity contribution in [3.05, 3.63) is 22.7 Å². The summed E-state index contributed by atoms with van der Waals surface area (Å²) in [6.07, 6.45) is 0.196. The molecular formula is C18H21BrF3N5O2. The number of anilines is 1. The Labute approximate surface area is 174 Å². The molecule has 4 heterocycles. The predicted molar refractivity (Wildman–Crippen MR) is 103 cm³/mol. The van der Waals surface area contributed by atoms with Crippen molar-refractivity contribution in [2.24, 2.45) is 11.0 Å². The first-order chi connectivity index (χ1) is 13.6. The fourth-order valence-corrected chi connectivity index (χ4v) is 4.73. The van der Waals surface area contributed by atoms with E-state index in [1.54, 1.807) is 0 Å². The van der Waals surface area contributed by atoms with Gasteiger partial charge >= 0.3 is 6.03 Å². The maximum Gasteiger partial charge on any atom is 0.321 e. The van der Waals surface area contributed by atoms with Crippen LogP contribution in [0, 0.1) is 11.7 Å². The minimum absolute atomic E-state index is 0.0287. The molecule has 2 unspecified atom stereocenters. The van der Waals surface area contributed by atoms with Gasteiger partial charge in [-0.15, -0.1) is 0 Å². The lowest BCUT2D eigenvalue weighted by Gasteiger charge is -2.45. The van der Waals surface area contributed by atoms with E-state index in [9.17, 15) is 14.3 Å². The second-order valence-corrected chi connectivity index (χ2v) is 8.61. The zero-order chi connectivity index (χ0) is 21.0. The van der Waals surface area contributed by atoms with Gasteiger partial charge in [-0.2, -0.15) is 5.10 Å². The van der Waals surface area contributed by atoms with E-state index < -0.39 is 41.8 Å². The van der Waals surface area contributed by atoms with Crippen LogP contribution >= 0.6 is 15.9 Å². The number of hydrogen-bond donors (Lipinski definition) is 2. The molecule has 2 N–H and O–H groups in total. The number of piperidine rings is 1. The van der Waals surface area contributed by atoms with Crippen molar-refractivity contribution >= 4 is 33.4 Å². The van der Waals surface area contributed by atoms with Gasteiger partial charge in [-0.1, -0.05) is 0 Å². The average Bonchev–Trinajstić information content (AvgIpc) is 2.92. The summed E-state index contributed by atoms with van der Waals surface area (Å²) >= 11 is 2.96. The number of likely N-dealkylation sites (tertiary alicyclic amines) is 1. The number of rotatable bonds is 1. The summed E-state index contributed by atoms with van der Waals surface area (Å²) in [4.78, 5) is 17.8. The zero-order valence-corrected chi connectivity index (χ0v) is 17.3. The van der Waals surface area contributed by atoms with E-state index in [1.165, 1.54) is 29.1 Å². The van der Waals surface area contributed by atoms with Crippen LogP contribution in [0.2, 0.25) is 0 Å². The van der Waals surface area contributed by atoms with Gasteiger partial charge in [0.2, 0.25) is 0 Å². The smallest absolute Gasteiger partial charge is 0.321 e. The molecule has 29 heavy (non-hydrogen) atoms. The second kappa shape index (κ2) is 7.12. The van der Waals surface area contributed by atoms with Gasteiger partial charge in [0.25, 0.3) is 5.92 Å². The summed E-state index contributed by atoms with van der Waals surface area (Å²) in [5.41, 5.74) is -1.02. The first-order valence-electron chi connectivity index (χ1n) is 9.40. The zero-order valence-electron chi connectivity index (χ0n) is 15.7. The van der Waals surface area contributed by atoms with Crippen LogP contribution in [0.15, 0.2) is 22.0 Å². The highest BCUT2D eigenvalue weighted by Crippen LogP contribution is 2.50. The topological polar surface area (TPSA) is 81.1 Å². The number of fused-ring (bicyclic) bond motifs is 3. The monoisotopic (exact) mass is 475 g/mol. The first-order valence-corrected chi connectivity index (χ1v) is 10.2. The average molecular weight is 476 g/mol. The Bertz CT molecular complexity index is 870. The highest BCUT2D eigenvalue weighted by Gasteiger charge is 2.64. The summed E-state index contributed by atoms with van der Waals surface area (Å²) in [5, 5.41) is 18.2. The highest BCUT2D eigenvalue weighted by molar-refractivity contribution is 9.10. The summed E-state index contributed by atoms with van der Waals surface area (Å²) in [7, 11) is 0. The summed E-state index contributed by atoms with van der Waals surface area (Å²) in [6.45, 7) is 2.02. The number of amides is 2. The van der Waals surface area contributed by atoms with E-state index >= 15 is 8.78 Å². The van der Waals surface area contributed by atoms with Gasteiger partial charge in [0.15, 0.2) is 5.82 Å². The van der Waals surface area contributed by atoms with E-state index in [1.807, 2.05) is 0 Å². The molecule has 0 radical (unpaired) electrons. The second-order valence-electron chi connectivity index (χ2n) is 7.86. The van der Waals surface area contributed by atoms with Crippen LogP contribution in [0.1, 0.15) is 26.2 Å². The van der Waals surface area contributed by atoms with Crippen molar-refractivity contribution in [2.45, 2.75) is 43.8 Å². The van der Waals surface area contributed by atoms with Gasteiger partial charge in [0.1, 0.15) is 10.1 Å². The van der Waals surface area contributed by atoms with Crippen molar-refractivity contribution in [3.8, 4) is 0 Å². The lowest BCUT2D eigenvalue weighted by molar-refractivity contribution is -0.150. The minimum Gasteiger partial charge on any atom is -0.393 e. The molecule has 0 saturated carbocycles. The fraction of sp³-hybridized carbons (Fsp3) is 0.611. The molecule has 0 aliphatic carbocycles. The van der Waals surface area contributed by atoms with Crippen LogP contribution in [0.4, 0.5) is 23.7 Å². The van der Waals surface area contributed by atoms with Crippen LogP contribution in [-0.2, 0) is 0 Å². The number of hydrazone groups is 1. The van der Waals surface area contributed by atoms with Gasteiger partial charge in [-0.05, 0) is 35.3 Å². The number of aliphatic hydroxyl groups is 1. The van der Waals surface area contributed by atoms with Gasteiger partial charge in [-0.3, -0.25) is 5.01 Å². The van der Waals surface area contributed by atoms with Crippen LogP contribution in [-0.4, -0.2) is 68.9 Å². The molecule has 158 valence electrons. The maximum atomic E-state index is 15.1. The fourth-order valence-electron chi connectivity index (χ4n) is 4.40. The number of aromatic nitrogens is 1. The van der Waals surface area contributed by atoms with Gasteiger partial charge in [0.05, 0.1) is 11.8 Å². The molecular weight excluding hydrogens is 455 g/mol. The number of aliphatic hydroxyl groups excluding tert-OH is 1. The Morgan fingerprint density at radius 3 is 2.93 bits per heavy atom. The lowest BCUT2D eigenvalue weighted by atomic mass is 9.74. The number of halogens is 4. The number of nitrogens with zero attached hydrogens (tertiary/aromatic N) is 4. The molecule has 2 amide bonds. The molecule has 4 rings (SSSR count). The van der Waals surface area contributed by atoms with Crippen molar-refractivity contribution < 1.29 is 23.1 Å². The summed E-state index contributed by atoms with van der Waals surface area (Å²) in [5.74, 6) is -4.56. The SMILES string of the molecule is CC12C3CN(C(=O)Nc4ccnc(Br)c4F)CCC3=NN1CC[C@@H](O)CC2(F)F. The Kier molecular flexibility index (Phi) is 5.01. The van der Waals surface area contributed by atoms with Crippen LogP contribution in [0.25, 0.3) is 0 Å². The van der Waals surface area contributed by atoms with Gasteiger partial charge in [-0.25, -0.2) is 22.9 Å². The summed E-state index contributed by atoms with van der Waals surface area (Å²) in [6, 6.07) is 0.758. The molecule has 1 aromatic heterocycles. The minimum atomic E-state index is -3.18. The predicted octanol–water partition coefficient (Wildman–Crippen LogP) is 3.06. The number of carbonyl (C=O) groups excluding carboxylic acids is 1. The number of urea groups is 1. The Morgan fingerprint density at radius 1 is 1.41 bits per heavy atom. The van der Waals surface area contributed by atoms with Gasteiger partial charge < -0.3 is 15.3 Å². The molecule has 3 atom stereocenters. The normalized spacial score (nSPS) is 30.9.